The van der Waals surface area contributed by atoms with E-state index in [2.05, 4.69) is 12.2 Å². The highest BCUT2D eigenvalue weighted by molar-refractivity contribution is 8.09. The first-order chi connectivity index (χ1) is 14.5. The van der Waals surface area contributed by atoms with Crippen molar-refractivity contribution in [2.24, 2.45) is 17.8 Å². The van der Waals surface area contributed by atoms with Crippen LogP contribution in [0.5, 0.6) is 0 Å². The van der Waals surface area contributed by atoms with E-state index in [0.717, 1.165) is 12.8 Å². The number of allylic oxidation sites excluding steroid dienone is 2. The van der Waals surface area contributed by atoms with Crippen LogP contribution in [-0.2, 0) is 29.2 Å². The van der Waals surface area contributed by atoms with E-state index < -0.39 is 60.2 Å². The third-order valence-electron chi connectivity index (χ3n) is 5.95. The zero-order valence-corrected chi connectivity index (χ0v) is 18.7. The number of hydrogen-bond donors (Lipinski definition) is 0. The molecule has 2 aliphatic carbocycles. The van der Waals surface area contributed by atoms with Crippen LogP contribution < -0.4 is 0 Å². The molecule has 0 amide bonds. The summed E-state index contributed by atoms with van der Waals surface area (Å²) in [5, 5.41) is 0. The van der Waals surface area contributed by atoms with E-state index >= 15 is 0 Å². The molecule has 2 rings (SSSR count). The summed E-state index contributed by atoms with van der Waals surface area (Å²) in [6.07, 6.45) is 3.05. The van der Waals surface area contributed by atoms with Gasteiger partial charge in [0, 0.05) is 6.42 Å². The number of fused-ring (bicyclic) bond motifs is 2. The van der Waals surface area contributed by atoms with Gasteiger partial charge in [0.05, 0.1) is 0 Å². The molecule has 1 saturated carbocycles. The van der Waals surface area contributed by atoms with Crippen LogP contribution in [0.1, 0.15) is 51.9 Å². The van der Waals surface area contributed by atoms with E-state index in [0.29, 0.717) is 18.3 Å². The van der Waals surface area contributed by atoms with Gasteiger partial charge >= 0.3 is 17.0 Å². The molecule has 2 aliphatic rings. The van der Waals surface area contributed by atoms with Crippen LogP contribution in [0.3, 0.4) is 0 Å². The number of sulfone groups is 2. The number of rotatable bonds is 10. The van der Waals surface area contributed by atoms with Gasteiger partial charge < -0.3 is 4.74 Å². The van der Waals surface area contributed by atoms with Crippen molar-refractivity contribution >= 4 is 25.6 Å². The molecule has 0 radical (unpaired) electrons. The molecule has 0 aromatic heterocycles. The quantitative estimate of drug-likeness (QED) is 0.246. The molecular formula is C18H24F6O6S2. The van der Waals surface area contributed by atoms with Crippen LogP contribution in [0.15, 0.2) is 12.2 Å². The van der Waals surface area contributed by atoms with Crippen molar-refractivity contribution in [3.8, 4) is 0 Å². The molecule has 2 bridgehead atoms. The molecule has 0 aromatic carbocycles. The number of carbonyl (C=O) groups excluding carboxylic acids is 1. The van der Waals surface area contributed by atoms with E-state index in [4.69, 9.17) is 4.74 Å². The molecule has 32 heavy (non-hydrogen) atoms. The molecule has 0 saturated heterocycles. The van der Waals surface area contributed by atoms with Crippen molar-refractivity contribution in [3.05, 3.63) is 12.2 Å². The molecular weight excluding hydrogens is 490 g/mol. The van der Waals surface area contributed by atoms with E-state index in [1.807, 2.05) is 0 Å². The second kappa shape index (κ2) is 9.51. The van der Waals surface area contributed by atoms with E-state index in [9.17, 15) is 48.0 Å². The fraction of sp³-hybridized carbons (Fsp3) is 0.833. The summed E-state index contributed by atoms with van der Waals surface area (Å²) in [5.74, 6) is 0.413. The fourth-order valence-electron chi connectivity index (χ4n) is 4.22. The zero-order valence-electron chi connectivity index (χ0n) is 17.0. The summed E-state index contributed by atoms with van der Waals surface area (Å²) >= 11 is 0. The van der Waals surface area contributed by atoms with Crippen molar-refractivity contribution in [2.75, 3.05) is 0 Å². The van der Waals surface area contributed by atoms with Crippen LogP contribution in [0.25, 0.3) is 0 Å². The number of alkyl halides is 6. The number of halogens is 6. The lowest BCUT2D eigenvalue weighted by atomic mass is 9.89. The molecule has 14 heteroatoms. The summed E-state index contributed by atoms with van der Waals surface area (Å²) in [5.41, 5.74) is -12.4. The minimum Gasteiger partial charge on any atom is -0.462 e. The highest BCUT2D eigenvalue weighted by Gasteiger charge is 2.62. The summed E-state index contributed by atoms with van der Waals surface area (Å²) in [6.45, 7) is 1.42. The molecule has 0 N–H and O–H groups in total. The number of carbonyl (C=O) groups is 1. The maximum atomic E-state index is 12.8. The highest BCUT2D eigenvalue weighted by Crippen LogP contribution is 2.45. The molecule has 0 aromatic rings. The summed E-state index contributed by atoms with van der Waals surface area (Å²) in [6, 6.07) is 0. The Hall–Kier alpha value is -1.31. The van der Waals surface area contributed by atoms with Gasteiger partial charge in [0.1, 0.15) is 6.10 Å². The van der Waals surface area contributed by atoms with E-state index in [-0.39, 0.29) is 18.8 Å². The molecule has 4 unspecified atom stereocenters. The Balaban J connectivity index is 2.03. The second-order valence-corrected chi connectivity index (χ2v) is 12.6. The van der Waals surface area contributed by atoms with Gasteiger partial charge in [-0.3, -0.25) is 4.79 Å². The van der Waals surface area contributed by atoms with Crippen LogP contribution in [0, 0.1) is 17.8 Å². The standard InChI is InChI=1S/C18H24F6O6S2/c1-2-14(30-15(25)7-5-13-10-11-3-4-12(13)9-11)6-8-16(31(26,27)17(19,20)21)32(28,29)18(22,23)24/h3-4,11-14,16H,2,5-10H2,1H3. The first-order valence-electron chi connectivity index (χ1n) is 9.98. The van der Waals surface area contributed by atoms with Gasteiger partial charge in [-0.1, -0.05) is 19.1 Å². The predicted molar refractivity (Wildman–Crippen MR) is 101 cm³/mol. The first-order valence-corrected chi connectivity index (χ1v) is 13.1. The van der Waals surface area contributed by atoms with Crippen LogP contribution in [0.4, 0.5) is 26.3 Å². The van der Waals surface area contributed by atoms with Crippen molar-refractivity contribution < 1.29 is 52.7 Å². The molecule has 6 nitrogen and oxygen atoms in total. The molecule has 186 valence electrons. The molecule has 0 aliphatic heterocycles. The number of hydrogen-bond acceptors (Lipinski definition) is 6. The third-order valence-corrected chi connectivity index (χ3v) is 10.6. The number of ether oxygens (including phenoxy) is 1. The molecule has 0 spiro atoms. The summed E-state index contributed by atoms with van der Waals surface area (Å²) < 4.78 is 124. The van der Waals surface area contributed by atoms with E-state index in [1.165, 1.54) is 6.92 Å². The number of esters is 1. The van der Waals surface area contributed by atoms with Crippen LogP contribution >= 0.6 is 0 Å². The largest absolute Gasteiger partial charge is 0.498 e. The van der Waals surface area contributed by atoms with Gasteiger partial charge in [-0.2, -0.15) is 26.3 Å². The van der Waals surface area contributed by atoms with Gasteiger partial charge in [0.15, 0.2) is 4.58 Å². The monoisotopic (exact) mass is 514 g/mol. The maximum Gasteiger partial charge on any atom is 0.498 e. The minimum atomic E-state index is -6.69. The van der Waals surface area contributed by atoms with Crippen molar-refractivity contribution in [1.29, 1.82) is 0 Å². The maximum absolute atomic E-state index is 12.8. The first kappa shape index (κ1) is 26.9. The van der Waals surface area contributed by atoms with Crippen molar-refractivity contribution in [2.45, 2.75) is 73.6 Å². The lowest BCUT2D eigenvalue weighted by Crippen LogP contribution is -2.45. The van der Waals surface area contributed by atoms with Gasteiger partial charge in [0.2, 0.25) is 0 Å². The molecule has 4 atom stereocenters. The van der Waals surface area contributed by atoms with Gasteiger partial charge in [-0.05, 0) is 56.3 Å². The van der Waals surface area contributed by atoms with Crippen molar-refractivity contribution in [1.82, 2.24) is 0 Å². The smallest absolute Gasteiger partial charge is 0.462 e. The Morgan fingerprint density at radius 3 is 1.94 bits per heavy atom. The Bertz CT molecular complexity index is 879. The fourth-order valence-corrected chi connectivity index (χ4v) is 7.70. The average molecular weight is 515 g/mol. The van der Waals surface area contributed by atoms with Gasteiger partial charge in [-0.25, -0.2) is 16.8 Å². The predicted octanol–water partition coefficient (Wildman–Crippen LogP) is 4.28. The van der Waals surface area contributed by atoms with Crippen LogP contribution in [-0.4, -0.2) is 44.5 Å². The van der Waals surface area contributed by atoms with Gasteiger partial charge in [0.25, 0.3) is 19.7 Å². The highest BCUT2D eigenvalue weighted by atomic mass is 32.3. The van der Waals surface area contributed by atoms with E-state index in [1.54, 1.807) is 0 Å². The SMILES string of the molecule is CCC(CCC(S(=O)(=O)C(F)(F)F)S(=O)(=O)C(F)(F)F)OC(=O)CCC1CC2C=CC1C2. The lowest BCUT2D eigenvalue weighted by molar-refractivity contribution is -0.150. The molecule has 0 heterocycles. The Kier molecular flexibility index (Phi) is 8.01. The Morgan fingerprint density at radius 1 is 0.969 bits per heavy atom. The zero-order chi connectivity index (χ0) is 24.5. The Morgan fingerprint density at radius 2 is 1.53 bits per heavy atom. The average Bonchev–Trinajstić information content (AvgIpc) is 3.26. The Labute approximate surface area is 182 Å². The second-order valence-electron chi connectivity index (χ2n) is 8.09. The molecule has 1 fully saturated rings. The minimum absolute atomic E-state index is 0.0106. The lowest BCUT2D eigenvalue weighted by Gasteiger charge is -2.23. The van der Waals surface area contributed by atoms with Crippen LogP contribution in [0.2, 0.25) is 0 Å². The summed E-state index contributed by atoms with van der Waals surface area (Å²) in [7, 11) is -13.4. The summed E-state index contributed by atoms with van der Waals surface area (Å²) in [4.78, 5) is 12.1. The third kappa shape index (κ3) is 5.78. The van der Waals surface area contributed by atoms with Crippen molar-refractivity contribution in [3.63, 3.8) is 0 Å². The topological polar surface area (TPSA) is 94.6 Å². The normalized spacial score (nSPS) is 24.8. The van der Waals surface area contributed by atoms with Gasteiger partial charge in [-0.15, -0.1) is 0 Å².